The summed E-state index contributed by atoms with van der Waals surface area (Å²) in [6.07, 6.45) is -0.151. The lowest BCUT2D eigenvalue weighted by molar-refractivity contribution is -0.134. The third kappa shape index (κ3) is 6.20. The Labute approximate surface area is 186 Å². The van der Waals surface area contributed by atoms with E-state index in [4.69, 9.17) is 13.9 Å². The first kappa shape index (κ1) is 23.1. The van der Waals surface area contributed by atoms with E-state index >= 15 is 0 Å². The largest absolute Gasteiger partial charge is 0.444 e. The highest BCUT2D eigenvalue weighted by molar-refractivity contribution is 5.83. The SMILES string of the molecule is Cc1c(Cc2ccccc2)c(=O)oc2cc(OC(=O)CCNC(=O)OC(C)(C)C)ccc12. The molecule has 3 aromatic rings. The Kier molecular flexibility index (Phi) is 6.98. The number of esters is 1. The second-order valence-electron chi connectivity index (χ2n) is 8.47. The van der Waals surface area contributed by atoms with E-state index in [2.05, 4.69) is 5.32 Å². The van der Waals surface area contributed by atoms with Crippen LogP contribution in [0.5, 0.6) is 5.75 Å². The van der Waals surface area contributed by atoms with Crippen molar-refractivity contribution in [3.8, 4) is 5.75 Å². The van der Waals surface area contributed by atoms with Crippen LogP contribution in [0, 0.1) is 6.92 Å². The highest BCUT2D eigenvalue weighted by Crippen LogP contribution is 2.25. The fourth-order valence-electron chi connectivity index (χ4n) is 3.21. The van der Waals surface area contributed by atoms with Crippen LogP contribution in [0.1, 0.15) is 43.9 Å². The lowest BCUT2D eigenvalue weighted by Crippen LogP contribution is -2.34. The van der Waals surface area contributed by atoms with Crippen LogP contribution in [0.15, 0.2) is 57.7 Å². The molecule has 0 fully saturated rings. The van der Waals surface area contributed by atoms with Gasteiger partial charge < -0.3 is 19.2 Å². The Bertz CT molecular complexity index is 1170. The fraction of sp³-hybridized carbons (Fsp3) is 0.320. The van der Waals surface area contributed by atoms with Crippen molar-refractivity contribution in [2.24, 2.45) is 0 Å². The number of hydrogen-bond donors (Lipinski definition) is 1. The van der Waals surface area contributed by atoms with E-state index in [1.807, 2.05) is 37.3 Å². The third-order valence-electron chi connectivity index (χ3n) is 4.71. The van der Waals surface area contributed by atoms with Gasteiger partial charge in [-0.1, -0.05) is 30.3 Å². The summed E-state index contributed by atoms with van der Waals surface area (Å²) in [5.74, 6) is -0.265. The first-order valence-electron chi connectivity index (χ1n) is 10.4. The van der Waals surface area contributed by atoms with Crippen LogP contribution in [0.2, 0.25) is 0 Å². The predicted molar refractivity (Wildman–Crippen MR) is 121 cm³/mol. The smallest absolute Gasteiger partial charge is 0.407 e. The van der Waals surface area contributed by atoms with Crippen LogP contribution in [0.25, 0.3) is 11.0 Å². The molecule has 0 atom stereocenters. The molecular weight excluding hydrogens is 410 g/mol. The first-order valence-corrected chi connectivity index (χ1v) is 10.4. The summed E-state index contributed by atoms with van der Waals surface area (Å²) in [6.45, 7) is 7.23. The molecule has 0 saturated carbocycles. The van der Waals surface area contributed by atoms with Gasteiger partial charge in [-0.2, -0.15) is 0 Å². The lowest BCUT2D eigenvalue weighted by atomic mass is 10.00. The summed E-state index contributed by atoms with van der Waals surface area (Å²) < 4.78 is 15.9. The minimum atomic E-state index is -0.612. The van der Waals surface area contributed by atoms with Gasteiger partial charge in [-0.3, -0.25) is 4.79 Å². The Morgan fingerprint density at radius 3 is 2.47 bits per heavy atom. The van der Waals surface area contributed by atoms with Crippen LogP contribution in [-0.4, -0.2) is 24.2 Å². The fourth-order valence-corrected chi connectivity index (χ4v) is 3.21. The van der Waals surface area contributed by atoms with Gasteiger partial charge in [-0.15, -0.1) is 0 Å². The summed E-state index contributed by atoms with van der Waals surface area (Å²) in [5, 5.41) is 3.28. The highest BCUT2D eigenvalue weighted by atomic mass is 16.6. The number of amides is 1. The second kappa shape index (κ2) is 9.68. The standard InChI is InChI=1S/C25H27NO6/c1-16-19-11-10-18(30-22(27)12-13-26-24(29)32-25(2,3)4)15-21(19)31-23(28)20(16)14-17-8-6-5-7-9-17/h5-11,15H,12-14H2,1-4H3,(H,26,29). The number of aryl methyl sites for hydroxylation is 1. The van der Waals surface area contributed by atoms with Gasteiger partial charge in [0.2, 0.25) is 0 Å². The van der Waals surface area contributed by atoms with E-state index in [-0.39, 0.29) is 18.7 Å². The molecule has 7 nitrogen and oxygen atoms in total. The van der Waals surface area contributed by atoms with Gasteiger partial charge >= 0.3 is 17.7 Å². The van der Waals surface area contributed by atoms with Crippen molar-refractivity contribution < 1.29 is 23.5 Å². The molecule has 0 aliphatic rings. The van der Waals surface area contributed by atoms with Crippen molar-refractivity contribution >= 4 is 23.0 Å². The van der Waals surface area contributed by atoms with Crippen molar-refractivity contribution in [1.82, 2.24) is 5.32 Å². The number of carbonyl (C=O) groups is 2. The molecule has 0 aliphatic heterocycles. The van der Waals surface area contributed by atoms with Crippen molar-refractivity contribution in [3.05, 3.63) is 75.6 Å². The molecule has 0 unspecified atom stereocenters. The highest BCUT2D eigenvalue weighted by Gasteiger charge is 2.17. The molecule has 0 aliphatic carbocycles. The Hall–Kier alpha value is -3.61. The van der Waals surface area contributed by atoms with Gasteiger partial charge in [0.1, 0.15) is 16.9 Å². The number of hydrogen-bond acceptors (Lipinski definition) is 6. The van der Waals surface area contributed by atoms with Crippen LogP contribution in [-0.2, 0) is 16.0 Å². The average molecular weight is 437 g/mol. The molecule has 1 amide bonds. The maximum atomic E-state index is 12.6. The molecular formula is C25H27NO6. The van der Waals surface area contributed by atoms with E-state index in [9.17, 15) is 14.4 Å². The molecule has 168 valence electrons. The number of benzene rings is 2. The van der Waals surface area contributed by atoms with E-state index in [0.717, 1.165) is 16.5 Å². The Balaban J connectivity index is 1.66. The van der Waals surface area contributed by atoms with Gasteiger partial charge in [-0.05, 0) is 51.0 Å². The molecule has 32 heavy (non-hydrogen) atoms. The van der Waals surface area contributed by atoms with E-state index in [0.29, 0.717) is 17.6 Å². The zero-order valence-corrected chi connectivity index (χ0v) is 18.7. The van der Waals surface area contributed by atoms with E-state index < -0.39 is 23.3 Å². The lowest BCUT2D eigenvalue weighted by Gasteiger charge is -2.19. The zero-order chi connectivity index (χ0) is 23.3. The molecule has 7 heteroatoms. The molecule has 1 aromatic heterocycles. The molecule has 0 spiro atoms. The van der Waals surface area contributed by atoms with Crippen LogP contribution in [0.4, 0.5) is 4.79 Å². The molecule has 0 radical (unpaired) electrons. The average Bonchev–Trinajstić information content (AvgIpc) is 2.70. The normalized spacial score (nSPS) is 11.2. The molecule has 0 saturated heterocycles. The molecule has 0 bridgehead atoms. The van der Waals surface area contributed by atoms with Crippen molar-refractivity contribution in [3.63, 3.8) is 0 Å². The van der Waals surface area contributed by atoms with Crippen molar-refractivity contribution in [2.45, 2.75) is 46.1 Å². The maximum Gasteiger partial charge on any atom is 0.407 e. The van der Waals surface area contributed by atoms with Gasteiger partial charge in [0.25, 0.3) is 0 Å². The summed E-state index contributed by atoms with van der Waals surface area (Å²) in [7, 11) is 0. The minimum Gasteiger partial charge on any atom is -0.444 e. The van der Waals surface area contributed by atoms with Gasteiger partial charge in [-0.25, -0.2) is 9.59 Å². The zero-order valence-electron chi connectivity index (χ0n) is 18.7. The van der Waals surface area contributed by atoms with Gasteiger partial charge in [0.05, 0.1) is 6.42 Å². The summed E-state index contributed by atoms with van der Waals surface area (Å²) >= 11 is 0. The van der Waals surface area contributed by atoms with Crippen molar-refractivity contribution in [1.29, 1.82) is 0 Å². The van der Waals surface area contributed by atoms with Crippen LogP contribution >= 0.6 is 0 Å². The maximum absolute atomic E-state index is 12.6. The van der Waals surface area contributed by atoms with E-state index in [1.165, 1.54) is 6.07 Å². The van der Waals surface area contributed by atoms with Crippen LogP contribution < -0.4 is 15.7 Å². The number of fused-ring (bicyclic) bond motifs is 1. The topological polar surface area (TPSA) is 94.8 Å². The first-order chi connectivity index (χ1) is 15.1. The third-order valence-corrected chi connectivity index (χ3v) is 4.71. The summed E-state index contributed by atoms with van der Waals surface area (Å²) in [6, 6.07) is 14.6. The van der Waals surface area contributed by atoms with Gasteiger partial charge in [0, 0.05) is 30.0 Å². The number of rotatable bonds is 6. The predicted octanol–water partition coefficient (Wildman–Crippen LogP) is 4.51. The quantitative estimate of drug-likeness (QED) is 0.346. The molecule has 3 rings (SSSR count). The second-order valence-corrected chi connectivity index (χ2v) is 8.47. The number of alkyl carbamates (subject to hydrolysis) is 1. The van der Waals surface area contributed by atoms with Crippen LogP contribution in [0.3, 0.4) is 0 Å². The Morgan fingerprint density at radius 1 is 1.06 bits per heavy atom. The molecule has 1 N–H and O–H groups in total. The minimum absolute atomic E-state index is 0.0315. The Morgan fingerprint density at radius 2 is 1.78 bits per heavy atom. The number of ether oxygens (including phenoxy) is 2. The molecule has 1 heterocycles. The summed E-state index contributed by atoms with van der Waals surface area (Å²) in [4.78, 5) is 36.3. The summed E-state index contributed by atoms with van der Waals surface area (Å²) in [5.41, 5.74) is 1.78. The molecule has 2 aromatic carbocycles. The van der Waals surface area contributed by atoms with E-state index in [1.54, 1.807) is 32.9 Å². The van der Waals surface area contributed by atoms with Crippen molar-refractivity contribution in [2.75, 3.05) is 6.54 Å². The van der Waals surface area contributed by atoms with Gasteiger partial charge in [0.15, 0.2) is 0 Å². The monoisotopic (exact) mass is 437 g/mol. The number of nitrogens with one attached hydrogen (secondary N) is 1. The number of carbonyl (C=O) groups excluding carboxylic acids is 2.